The Bertz CT molecular complexity index is 942. The monoisotopic (exact) mass is 411 g/mol. The maximum atomic E-state index is 12.9. The van der Waals surface area contributed by atoms with Crippen molar-refractivity contribution in [3.63, 3.8) is 0 Å². The summed E-state index contributed by atoms with van der Waals surface area (Å²) in [5, 5.41) is 13.6. The second-order valence-electron chi connectivity index (χ2n) is 8.22. The predicted molar refractivity (Wildman–Crippen MR) is 108 cm³/mol. The van der Waals surface area contributed by atoms with Crippen LogP contribution in [0.25, 0.3) is 0 Å². The highest BCUT2D eigenvalue weighted by Gasteiger charge is 2.46. The minimum absolute atomic E-state index is 0.0342. The Morgan fingerprint density at radius 2 is 1.73 bits per heavy atom. The minimum atomic E-state index is -1.38. The molecule has 8 nitrogen and oxygen atoms in total. The van der Waals surface area contributed by atoms with E-state index in [-0.39, 0.29) is 31.1 Å². The number of aryl methyl sites for hydroxylation is 1. The fourth-order valence-corrected chi connectivity index (χ4v) is 4.31. The van der Waals surface area contributed by atoms with E-state index >= 15 is 0 Å². The molecule has 8 heteroatoms. The molecule has 4 heterocycles. The van der Waals surface area contributed by atoms with Gasteiger partial charge in [-0.25, -0.2) is 0 Å². The van der Waals surface area contributed by atoms with Gasteiger partial charge in [0.05, 0.1) is 31.2 Å². The quantitative estimate of drug-likeness (QED) is 0.793. The molecular formula is C22H25N3O5. The average molecular weight is 411 g/mol. The second-order valence-corrected chi connectivity index (χ2v) is 8.22. The Hall–Kier alpha value is -2.84. The molecule has 2 amide bonds. The topological polar surface area (TPSA) is 95.3 Å². The van der Waals surface area contributed by atoms with Gasteiger partial charge in [0.15, 0.2) is 5.60 Å². The Balaban J connectivity index is 1.19. The van der Waals surface area contributed by atoms with E-state index in [2.05, 4.69) is 5.32 Å². The highest BCUT2D eigenvalue weighted by atomic mass is 16.5. The van der Waals surface area contributed by atoms with Crippen molar-refractivity contribution in [1.29, 1.82) is 0 Å². The van der Waals surface area contributed by atoms with Crippen LogP contribution in [0.4, 0.5) is 5.69 Å². The summed E-state index contributed by atoms with van der Waals surface area (Å²) in [6.45, 7) is 1.85. The molecule has 0 spiro atoms. The van der Waals surface area contributed by atoms with E-state index in [9.17, 15) is 14.7 Å². The number of carbonyl (C=O) groups is 2. The lowest BCUT2D eigenvalue weighted by Gasteiger charge is -2.42. The maximum Gasteiger partial charge on any atom is 0.259 e. The van der Waals surface area contributed by atoms with Crippen molar-refractivity contribution in [2.24, 2.45) is 0 Å². The van der Waals surface area contributed by atoms with Crippen LogP contribution in [0.1, 0.15) is 34.1 Å². The first kappa shape index (κ1) is 19.1. The third-order valence-electron chi connectivity index (χ3n) is 6.23. The number of hydrogen-bond acceptors (Lipinski definition) is 6. The van der Waals surface area contributed by atoms with Gasteiger partial charge in [-0.2, -0.15) is 0 Å². The van der Waals surface area contributed by atoms with Crippen LogP contribution in [-0.2, 0) is 16.0 Å². The minimum Gasteiger partial charge on any atom is -0.467 e. The number of furan rings is 1. The molecule has 0 saturated carbocycles. The van der Waals surface area contributed by atoms with E-state index in [0.717, 1.165) is 29.9 Å². The Morgan fingerprint density at radius 1 is 1.03 bits per heavy atom. The molecule has 5 rings (SSSR count). The number of nitrogens with one attached hydrogen (secondary N) is 1. The molecule has 0 aliphatic carbocycles. The van der Waals surface area contributed by atoms with Gasteiger partial charge in [0.25, 0.3) is 11.8 Å². The van der Waals surface area contributed by atoms with Gasteiger partial charge in [-0.05, 0) is 30.2 Å². The molecule has 0 bridgehead atoms. The van der Waals surface area contributed by atoms with Crippen LogP contribution in [0.15, 0.2) is 41.0 Å². The van der Waals surface area contributed by atoms with Crippen LogP contribution in [0.3, 0.4) is 0 Å². The largest absolute Gasteiger partial charge is 0.467 e. The van der Waals surface area contributed by atoms with Gasteiger partial charge in [-0.1, -0.05) is 12.1 Å². The second kappa shape index (κ2) is 7.45. The number of piperazine rings is 1. The zero-order valence-corrected chi connectivity index (χ0v) is 16.7. The van der Waals surface area contributed by atoms with Crippen molar-refractivity contribution >= 4 is 17.5 Å². The number of rotatable bonds is 3. The van der Waals surface area contributed by atoms with Crippen molar-refractivity contribution in [2.45, 2.75) is 24.5 Å². The van der Waals surface area contributed by atoms with E-state index in [0.29, 0.717) is 31.7 Å². The van der Waals surface area contributed by atoms with Gasteiger partial charge < -0.3 is 29.4 Å². The SMILES string of the molecule is O=C(c1ccc(C2CCc3occc3N2)cc1)N1CCN(C(=O)C2(O)COC2)CC1. The van der Waals surface area contributed by atoms with Crippen LogP contribution in [0, 0.1) is 0 Å². The normalized spacial score (nSPS) is 22.6. The Kier molecular flexibility index (Phi) is 4.75. The number of benzene rings is 1. The molecule has 3 aliphatic heterocycles. The van der Waals surface area contributed by atoms with Crippen LogP contribution in [0.2, 0.25) is 0 Å². The molecule has 1 aromatic carbocycles. The number of aliphatic hydroxyl groups is 1. The number of carbonyl (C=O) groups excluding carboxylic acids is 2. The molecule has 2 aromatic rings. The van der Waals surface area contributed by atoms with Gasteiger partial charge in [0.1, 0.15) is 5.76 Å². The lowest BCUT2D eigenvalue weighted by molar-refractivity contribution is -0.201. The summed E-state index contributed by atoms with van der Waals surface area (Å²) in [4.78, 5) is 28.6. The smallest absolute Gasteiger partial charge is 0.259 e. The lowest BCUT2D eigenvalue weighted by atomic mass is 9.96. The van der Waals surface area contributed by atoms with E-state index in [1.807, 2.05) is 30.3 Å². The Labute approximate surface area is 174 Å². The first-order chi connectivity index (χ1) is 14.5. The number of hydrogen-bond donors (Lipinski definition) is 2. The molecule has 158 valence electrons. The zero-order chi connectivity index (χ0) is 20.7. The molecule has 30 heavy (non-hydrogen) atoms. The van der Waals surface area contributed by atoms with Crippen molar-refractivity contribution in [2.75, 3.05) is 44.7 Å². The number of nitrogens with zero attached hydrogens (tertiary/aromatic N) is 2. The molecule has 2 saturated heterocycles. The molecule has 1 aromatic heterocycles. The lowest BCUT2D eigenvalue weighted by Crippen LogP contribution is -2.64. The van der Waals surface area contributed by atoms with E-state index in [4.69, 9.17) is 9.15 Å². The van der Waals surface area contributed by atoms with Gasteiger partial charge in [0, 0.05) is 38.2 Å². The summed E-state index contributed by atoms with van der Waals surface area (Å²) >= 11 is 0. The standard InChI is InChI=1S/C22H25N3O5/c26-20(24-8-10-25(11-9-24)21(27)22(28)13-29-14-22)16-3-1-15(2-4-16)17-5-6-19-18(23-17)7-12-30-19/h1-4,7,12,17,23,28H,5-6,8-11,13-14H2. The Morgan fingerprint density at radius 3 is 2.40 bits per heavy atom. The van der Waals surface area contributed by atoms with Gasteiger partial charge in [0.2, 0.25) is 0 Å². The average Bonchev–Trinajstić information content (AvgIpc) is 3.24. The van der Waals surface area contributed by atoms with Gasteiger partial charge in [-0.3, -0.25) is 9.59 Å². The summed E-state index contributed by atoms with van der Waals surface area (Å²) in [6, 6.07) is 9.89. The number of anilines is 1. The predicted octanol–water partition coefficient (Wildman–Crippen LogP) is 1.42. The fourth-order valence-electron chi connectivity index (χ4n) is 4.31. The third-order valence-corrected chi connectivity index (χ3v) is 6.23. The molecule has 0 radical (unpaired) electrons. The number of fused-ring (bicyclic) bond motifs is 1. The van der Waals surface area contributed by atoms with E-state index in [1.54, 1.807) is 16.1 Å². The number of ether oxygens (including phenoxy) is 1. The fraction of sp³-hybridized carbons (Fsp3) is 0.455. The van der Waals surface area contributed by atoms with Crippen LogP contribution in [0.5, 0.6) is 0 Å². The van der Waals surface area contributed by atoms with Crippen molar-refractivity contribution in [3.05, 3.63) is 53.5 Å². The van der Waals surface area contributed by atoms with Crippen molar-refractivity contribution < 1.29 is 23.8 Å². The molecule has 1 atom stereocenters. The summed E-state index contributed by atoms with van der Waals surface area (Å²) in [7, 11) is 0. The van der Waals surface area contributed by atoms with E-state index < -0.39 is 5.60 Å². The molecule has 3 aliphatic rings. The van der Waals surface area contributed by atoms with Gasteiger partial charge in [-0.15, -0.1) is 0 Å². The first-order valence-corrected chi connectivity index (χ1v) is 10.4. The van der Waals surface area contributed by atoms with Crippen LogP contribution < -0.4 is 5.32 Å². The van der Waals surface area contributed by atoms with Crippen molar-refractivity contribution in [1.82, 2.24) is 9.80 Å². The molecule has 2 fully saturated rings. The summed E-state index contributed by atoms with van der Waals surface area (Å²) in [5.74, 6) is 0.659. The highest BCUT2D eigenvalue weighted by Crippen LogP contribution is 2.33. The number of amides is 2. The summed E-state index contributed by atoms with van der Waals surface area (Å²) < 4.78 is 10.4. The van der Waals surface area contributed by atoms with Crippen LogP contribution in [-0.4, -0.2) is 71.7 Å². The molecule has 2 N–H and O–H groups in total. The van der Waals surface area contributed by atoms with E-state index in [1.165, 1.54) is 0 Å². The first-order valence-electron chi connectivity index (χ1n) is 10.4. The van der Waals surface area contributed by atoms with Crippen molar-refractivity contribution in [3.8, 4) is 0 Å². The highest BCUT2D eigenvalue weighted by molar-refractivity contribution is 5.94. The summed E-state index contributed by atoms with van der Waals surface area (Å²) in [6.07, 6.45) is 3.54. The molecular weight excluding hydrogens is 386 g/mol. The van der Waals surface area contributed by atoms with Gasteiger partial charge >= 0.3 is 0 Å². The van der Waals surface area contributed by atoms with Crippen LogP contribution >= 0.6 is 0 Å². The summed E-state index contributed by atoms with van der Waals surface area (Å²) in [5.41, 5.74) is 1.44. The maximum absolute atomic E-state index is 12.9. The molecule has 1 unspecified atom stereocenters. The third kappa shape index (κ3) is 3.36. The zero-order valence-electron chi connectivity index (χ0n) is 16.7.